The molecule has 3 N–H and O–H groups in total. The minimum absolute atomic E-state index is 0. The molecule has 1 unspecified atom stereocenters. The number of urea groups is 1. The van der Waals surface area contributed by atoms with Crippen molar-refractivity contribution in [2.24, 2.45) is 17.6 Å². The maximum absolute atomic E-state index is 14.5. The molecule has 2 aliphatic carbocycles. The van der Waals surface area contributed by atoms with Gasteiger partial charge >= 0.3 is 6.03 Å². The zero-order valence-electron chi connectivity index (χ0n) is 29.0. The number of para-hydroxylation sites is 1. The highest BCUT2D eigenvalue weighted by atomic mass is 19.1. The van der Waals surface area contributed by atoms with Crippen LogP contribution in [0.5, 0.6) is 11.5 Å². The number of nitrogens with one attached hydrogen (secondary N) is 1. The average molecular weight is 700 g/mol. The van der Waals surface area contributed by atoms with E-state index in [1.54, 1.807) is 36.1 Å². The SMILES string of the molecule is CC(c1nc2ccccc2c(=O)n1N1CCN(C(=O)[C@H](C)N)CC1)N(C(=O)Nc1ccc(F)cc1)c1ccc(OCC2CC2)cc1OCC1CC1.[HH]. The van der Waals surface area contributed by atoms with Crippen molar-refractivity contribution in [1.29, 1.82) is 0 Å². The van der Waals surface area contributed by atoms with Gasteiger partial charge in [-0.15, -0.1) is 0 Å². The Hall–Kier alpha value is -5.17. The van der Waals surface area contributed by atoms with Crippen LogP contribution in [-0.4, -0.2) is 71.9 Å². The molecule has 51 heavy (non-hydrogen) atoms. The summed E-state index contributed by atoms with van der Waals surface area (Å²) in [7, 11) is 0. The second-order valence-electron chi connectivity index (χ2n) is 13.8. The van der Waals surface area contributed by atoms with Gasteiger partial charge in [-0.3, -0.25) is 14.5 Å². The molecule has 0 bridgehead atoms. The summed E-state index contributed by atoms with van der Waals surface area (Å²) in [4.78, 5) is 49.8. The lowest BCUT2D eigenvalue weighted by molar-refractivity contribution is -0.132. The number of carbonyl (C=O) groups excluding carboxylic acids is 2. The molecule has 12 nitrogen and oxygen atoms in total. The van der Waals surface area contributed by atoms with E-state index in [2.05, 4.69) is 5.32 Å². The highest BCUT2D eigenvalue weighted by Crippen LogP contribution is 2.40. The Balaban J connectivity index is 0.00000464. The van der Waals surface area contributed by atoms with Crippen LogP contribution in [0.25, 0.3) is 10.9 Å². The molecule has 7 rings (SSSR count). The zero-order chi connectivity index (χ0) is 35.6. The van der Waals surface area contributed by atoms with Crippen LogP contribution in [0.4, 0.5) is 20.6 Å². The summed E-state index contributed by atoms with van der Waals surface area (Å²) in [5, 5.41) is 5.21. The molecule has 3 amide bonds. The lowest BCUT2D eigenvalue weighted by atomic mass is 10.1. The first-order valence-electron chi connectivity index (χ1n) is 17.7. The van der Waals surface area contributed by atoms with E-state index < -0.39 is 23.9 Å². The van der Waals surface area contributed by atoms with Gasteiger partial charge in [-0.1, -0.05) is 12.1 Å². The molecule has 1 aromatic heterocycles. The van der Waals surface area contributed by atoms with Crippen molar-refractivity contribution in [2.45, 2.75) is 51.6 Å². The molecule has 3 aromatic carbocycles. The highest BCUT2D eigenvalue weighted by Gasteiger charge is 2.34. The van der Waals surface area contributed by atoms with E-state index in [1.807, 2.05) is 30.1 Å². The molecule has 0 spiro atoms. The predicted molar refractivity (Wildman–Crippen MR) is 195 cm³/mol. The Kier molecular flexibility index (Phi) is 9.81. The van der Waals surface area contributed by atoms with E-state index in [0.29, 0.717) is 90.8 Å². The molecule has 4 aromatic rings. The quantitative estimate of drug-likeness (QED) is 0.204. The van der Waals surface area contributed by atoms with Crippen LogP contribution in [0.3, 0.4) is 0 Å². The summed E-state index contributed by atoms with van der Waals surface area (Å²) in [6.45, 7) is 6.01. The number of amides is 3. The molecule has 2 atom stereocenters. The van der Waals surface area contributed by atoms with Crippen molar-refractivity contribution in [2.75, 3.05) is 54.6 Å². The van der Waals surface area contributed by atoms with Gasteiger partial charge in [0.25, 0.3) is 5.56 Å². The van der Waals surface area contributed by atoms with Gasteiger partial charge in [-0.05, 0) is 99.9 Å². The number of ether oxygens (including phenoxy) is 2. The largest absolute Gasteiger partial charge is 0.493 e. The summed E-state index contributed by atoms with van der Waals surface area (Å²) in [5.41, 5.74) is 6.94. The fourth-order valence-electron chi connectivity index (χ4n) is 6.30. The van der Waals surface area contributed by atoms with Crippen molar-refractivity contribution in [1.82, 2.24) is 14.6 Å². The van der Waals surface area contributed by atoms with Gasteiger partial charge < -0.3 is 30.4 Å². The number of hydrogen-bond donors (Lipinski definition) is 2. The summed E-state index contributed by atoms with van der Waals surface area (Å²) >= 11 is 0. The Bertz CT molecular complexity index is 1960. The maximum atomic E-state index is 14.5. The lowest BCUT2D eigenvalue weighted by Gasteiger charge is -2.39. The van der Waals surface area contributed by atoms with Gasteiger partial charge in [0.05, 0.1) is 55.0 Å². The van der Waals surface area contributed by atoms with E-state index in [0.717, 1.165) is 25.7 Å². The standard InChI is InChI=1S/C38H44FN7O5.H2/c1-24(40)36(47)43-17-19-44(20-18-43)46-35(42-32-6-4-3-5-31(32)37(46)48)25(2)45(38(49)41-29-13-11-28(39)12-14-29)33-16-15-30(50-22-26-7-8-26)21-34(33)51-23-27-9-10-27;/h3-6,11-16,21,24-27H,7-10,17-20,22-23,40H2,1-2H3,(H,41,49);1H/t24-,25?;/m0./s1. The molecule has 13 heteroatoms. The van der Waals surface area contributed by atoms with Crippen molar-refractivity contribution < 1.29 is 24.9 Å². The Labute approximate surface area is 297 Å². The average Bonchev–Trinajstić information content (AvgIpc) is 4.08. The van der Waals surface area contributed by atoms with Crippen LogP contribution in [0.2, 0.25) is 0 Å². The topological polar surface area (TPSA) is 135 Å². The van der Waals surface area contributed by atoms with Crippen LogP contribution < -0.4 is 36.0 Å². The third-order valence-corrected chi connectivity index (χ3v) is 9.64. The van der Waals surface area contributed by atoms with E-state index in [-0.39, 0.29) is 12.9 Å². The Morgan fingerprint density at radius 2 is 1.63 bits per heavy atom. The van der Waals surface area contributed by atoms with Gasteiger partial charge in [-0.25, -0.2) is 18.8 Å². The molecule has 2 heterocycles. The summed E-state index contributed by atoms with van der Waals surface area (Å²) in [5.74, 6) is 1.84. The van der Waals surface area contributed by atoms with Crippen LogP contribution in [0.15, 0.2) is 71.5 Å². The number of anilines is 2. The fourth-order valence-corrected chi connectivity index (χ4v) is 6.30. The number of benzene rings is 3. The summed E-state index contributed by atoms with van der Waals surface area (Å²) in [6.07, 6.45) is 4.45. The fraction of sp³-hybridized carbons (Fsp3) is 0.421. The number of nitrogens with two attached hydrogens (primary N) is 1. The summed E-state index contributed by atoms with van der Waals surface area (Å²) < 4.78 is 27.9. The molecule has 0 radical (unpaired) electrons. The van der Waals surface area contributed by atoms with Gasteiger partial charge in [0, 0.05) is 26.3 Å². The smallest absolute Gasteiger partial charge is 0.327 e. The number of piperazine rings is 1. The normalized spacial score (nSPS) is 17.2. The van der Waals surface area contributed by atoms with Crippen molar-refractivity contribution >= 4 is 34.2 Å². The number of aromatic nitrogens is 2. The number of hydrogen-bond acceptors (Lipinski definition) is 8. The Morgan fingerprint density at radius 1 is 0.961 bits per heavy atom. The van der Waals surface area contributed by atoms with Crippen LogP contribution >= 0.6 is 0 Å². The summed E-state index contributed by atoms with van der Waals surface area (Å²) in [6, 6.07) is 16.1. The van der Waals surface area contributed by atoms with Crippen LogP contribution in [0, 0.1) is 17.7 Å². The van der Waals surface area contributed by atoms with Crippen LogP contribution in [0.1, 0.15) is 52.8 Å². The first-order valence-corrected chi connectivity index (χ1v) is 17.7. The van der Waals surface area contributed by atoms with Crippen molar-refractivity contribution in [3.63, 3.8) is 0 Å². The first-order chi connectivity index (χ1) is 24.7. The zero-order valence-corrected chi connectivity index (χ0v) is 29.0. The second kappa shape index (κ2) is 14.6. The lowest BCUT2D eigenvalue weighted by Crippen LogP contribution is -2.58. The van der Waals surface area contributed by atoms with Gasteiger partial charge in [0.1, 0.15) is 17.3 Å². The third kappa shape index (κ3) is 7.78. The van der Waals surface area contributed by atoms with E-state index in [1.165, 1.54) is 33.8 Å². The number of nitrogens with zero attached hydrogens (tertiary/aromatic N) is 5. The van der Waals surface area contributed by atoms with Crippen LogP contribution in [-0.2, 0) is 4.79 Å². The van der Waals surface area contributed by atoms with Crippen molar-refractivity contribution in [3.05, 3.63) is 88.7 Å². The van der Waals surface area contributed by atoms with Gasteiger partial charge in [-0.2, -0.15) is 0 Å². The van der Waals surface area contributed by atoms with Crippen molar-refractivity contribution in [3.8, 4) is 11.5 Å². The number of rotatable bonds is 12. The molecule has 3 fully saturated rings. The van der Waals surface area contributed by atoms with E-state index in [9.17, 15) is 18.8 Å². The molecular formula is C38H46FN7O5. The maximum Gasteiger partial charge on any atom is 0.327 e. The third-order valence-electron chi connectivity index (χ3n) is 9.64. The number of carbonyl (C=O) groups is 2. The monoisotopic (exact) mass is 699 g/mol. The van der Waals surface area contributed by atoms with E-state index >= 15 is 0 Å². The van der Waals surface area contributed by atoms with Gasteiger partial charge in [0.15, 0.2) is 5.82 Å². The molecular weight excluding hydrogens is 653 g/mol. The molecule has 1 saturated heterocycles. The second-order valence-corrected chi connectivity index (χ2v) is 13.8. The molecule has 3 aliphatic rings. The number of fused-ring (bicyclic) bond motifs is 1. The first kappa shape index (κ1) is 34.3. The predicted octanol–water partition coefficient (Wildman–Crippen LogP) is 5.29. The molecule has 1 aliphatic heterocycles. The molecule has 270 valence electrons. The minimum atomic E-state index is -0.826. The highest BCUT2D eigenvalue weighted by molar-refractivity contribution is 6.03. The molecule has 2 saturated carbocycles. The number of halogens is 1. The van der Waals surface area contributed by atoms with E-state index in [4.69, 9.17) is 20.2 Å². The minimum Gasteiger partial charge on any atom is -0.493 e. The van der Waals surface area contributed by atoms with Gasteiger partial charge in [0.2, 0.25) is 5.91 Å². The Morgan fingerprint density at radius 3 is 2.29 bits per heavy atom.